The second-order valence-corrected chi connectivity index (χ2v) is 6.47. The lowest BCUT2D eigenvalue weighted by Gasteiger charge is -2.14. The minimum absolute atomic E-state index is 0.0698. The van der Waals surface area contributed by atoms with Crippen molar-refractivity contribution in [3.05, 3.63) is 54.1 Å². The number of hydrogen-bond acceptors (Lipinski definition) is 5. The highest BCUT2D eigenvalue weighted by Gasteiger charge is 2.29. The number of rotatable bonds is 0. The third-order valence-corrected chi connectivity index (χ3v) is 4.43. The number of para-hydroxylation sites is 1. The Balaban J connectivity index is 1.84. The zero-order chi connectivity index (χ0) is 17.8. The Hall–Kier alpha value is -2.40. The summed E-state index contributed by atoms with van der Waals surface area (Å²) in [5, 5.41) is 0. The molecule has 3 rings (SSSR count). The molecule has 0 aliphatic carbocycles. The van der Waals surface area contributed by atoms with Crippen molar-refractivity contribution in [2.45, 2.75) is 38.4 Å². The molecule has 1 saturated heterocycles. The molecule has 0 unspecified atom stereocenters. The van der Waals surface area contributed by atoms with Gasteiger partial charge >= 0.3 is 11.9 Å². The fraction of sp³-hybridized carbons (Fsp3) is 0.400. The summed E-state index contributed by atoms with van der Waals surface area (Å²) in [6, 6.07) is 6.61. The first-order chi connectivity index (χ1) is 12.0. The highest BCUT2D eigenvalue weighted by molar-refractivity contribution is 5.93. The molecule has 2 heterocycles. The summed E-state index contributed by atoms with van der Waals surface area (Å²) in [6.07, 6.45) is 5.65. The Labute approximate surface area is 147 Å². The van der Waals surface area contributed by atoms with Gasteiger partial charge in [0.1, 0.15) is 17.9 Å². The van der Waals surface area contributed by atoms with Crippen LogP contribution in [0.5, 0.6) is 5.75 Å². The van der Waals surface area contributed by atoms with Crippen molar-refractivity contribution in [2.75, 3.05) is 6.61 Å². The van der Waals surface area contributed by atoms with Crippen LogP contribution in [0.15, 0.2) is 48.6 Å². The normalized spacial score (nSPS) is 27.7. The summed E-state index contributed by atoms with van der Waals surface area (Å²) in [7, 11) is 0. The molecule has 2 aliphatic rings. The second-order valence-electron chi connectivity index (χ2n) is 6.47. The van der Waals surface area contributed by atoms with Gasteiger partial charge in [-0.1, -0.05) is 37.8 Å². The van der Waals surface area contributed by atoms with Gasteiger partial charge in [-0.2, -0.15) is 0 Å². The van der Waals surface area contributed by atoms with Crippen LogP contribution in [0.1, 0.15) is 36.5 Å². The van der Waals surface area contributed by atoms with Crippen molar-refractivity contribution in [1.29, 1.82) is 0 Å². The minimum Gasteiger partial charge on any atom is -0.459 e. The van der Waals surface area contributed by atoms with E-state index in [0.717, 1.165) is 5.57 Å². The number of allylic oxidation sites excluding steroid dienone is 1. The predicted molar refractivity (Wildman–Crippen MR) is 92.3 cm³/mol. The average molecular weight is 342 g/mol. The van der Waals surface area contributed by atoms with E-state index in [1.807, 2.05) is 12.2 Å². The molecule has 1 aromatic rings. The maximum atomic E-state index is 12.4. The first-order valence-corrected chi connectivity index (χ1v) is 8.50. The lowest BCUT2D eigenvalue weighted by molar-refractivity contribution is -0.138. The molecule has 2 aliphatic heterocycles. The monoisotopic (exact) mass is 342 g/mol. The SMILES string of the molecule is C=C1C[C@@H]2COC(=O)c3ccccc3OC(=O)[C@@H](C)CC=CC[C@@H]1O2. The van der Waals surface area contributed by atoms with Crippen LogP contribution in [0, 0.1) is 5.92 Å². The van der Waals surface area contributed by atoms with E-state index in [1.165, 1.54) is 0 Å². The Morgan fingerprint density at radius 2 is 1.88 bits per heavy atom. The molecule has 0 saturated carbocycles. The van der Waals surface area contributed by atoms with E-state index >= 15 is 0 Å². The molecule has 0 amide bonds. The smallest absolute Gasteiger partial charge is 0.342 e. The summed E-state index contributed by atoms with van der Waals surface area (Å²) in [5.41, 5.74) is 1.24. The topological polar surface area (TPSA) is 61.8 Å². The molecule has 0 aromatic heterocycles. The molecule has 3 atom stereocenters. The number of ether oxygens (including phenoxy) is 3. The van der Waals surface area contributed by atoms with Gasteiger partial charge in [0, 0.05) is 6.42 Å². The van der Waals surface area contributed by atoms with E-state index in [9.17, 15) is 9.59 Å². The van der Waals surface area contributed by atoms with Crippen LogP contribution in [-0.2, 0) is 14.3 Å². The lowest BCUT2D eigenvalue weighted by Crippen LogP contribution is -2.21. The lowest BCUT2D eigenvalue weighted by atomic mass is 10.0. The van der Waals surface area contributed by atoms with E-state index in [2.05, 4.69) is 6.58 Å². The van der Waals surface area contributed by atoms with Crippen LogP contribution in [0.2, 0.25) is 0 Å². The summed E-state index contributed by atoms with van der Waals surface area (Å²) >= 11 is 0. The molecule has 0 spiro atoms. The Morgan fingerprint density at radius 1 is 1.12 bits per heavy atom. The molecule has 132 valence electrons. The van der Waals surface area contributed by atoms with Gasteiger partial charge in [-0.15, -0.1) is 0 Å². The largest absolute Gasteiger partial charge is 0.459 e. The van der Waals surface area contributed by atoms with Crippen molar-refractivity contribution in [3.8, 4) is 5.75 Å². The first-order valence-electron chi connectivity index (χ1n) is 8.50. The molecular formula is C20H22O5. The highest BCUT2D eigenvalue weighted by Crippen LogP contribution is 2.28. The molecule has 2 bridgehead atoms. The van der Waals surface area contributed by atoms with Gasteiger partial charge in [0.15, 0.2) is 0 Å². The van der Waals surface area contributed by atoms with Gasteiger partial charge in [-0.05, 0) is 30.5 Å². The molecule has 25 heavy (non-hydrogen) atoms. The summed E-state index contributed by atoms with van der Waals surface area (Å²) < 4.78 is 16.7. The quantitative estimate of drug-likeness (QED) is 0.410. The number of hydrogen-bond donors (Lipinski definition) is 0. The summed E-state index contributed by atoms with van der Waals surface area (Å²) in [4.78, 5) is 24.6. The molecule has 5 heteroatoms. The molecule has 0 radical (unpaired) electrons. The Bertz CT molecular complexity index is 706. The van der Waals surface area contributed by atoms with Crippen LogP contribution < -0.4 is 4.74 Å². The van der Waals surface area contributed by atoms with E-state index in [4.69, 9.17) is 14.2 Å². The van der Waals surface area contributed by atoms with Crippen LogP contribution in [-0.4, -0.2) is 30.8 Å². The minimum atomic E-state index is -0.526. The van der Waals surface area contributed by atoms with Gasteiger partial charge in [0.25, 0.3) is 0 Å². The molecule has 1 fully saturated rings. The van der Waals surface area contributed by atoms with Gasteiger partial charge in [0.05, 0.1) is 18.1 Å². The van der Waals surface area contributed by atoms with Gasteiger partial charge < -0.3 is 14.2 Å². The number of carbonyl (C=O) groups is 2. The third kappa shape index (κ3) is 4.17. The standard InChI is InChI=1S/C20H22O5/c1-13-7-3-5-9-17-14(2)11-15(24-17)12-23-20(22)16-8-4-6-10-18(16)25-19(13)21/h3-6,8,10,13,15,17H,2,7,9,11-12H2,1H3/t13-,15+,17-/m0/s1. The number of cyclic esters (lactones) is 1. The molecule has 1 aromatic carbocycles. The molecular weight excluding hydrogens is 320 g/mol. The number of esters is 2. The highest BCUT2D eigenvalue weighted by atomic mass is 16.6. The fourth-order valence-electron chi connectivity index (χ4n) is 2.92. The van der Waals surface area contributed by atoms with Crippen molar-refractivity contribution in [3.63, 3.8) is 0 Å². The summed E-state index contributed by atoms with van der Waals surface area (Å²) in [5.74, 6) is -0.993. The van der Waals surface area contributed by atoms with Gasteiger partial charge in [-0.3, -0.25) is 4.79 Å². The van der Waals surface area contributed by atoms with E-state index < -0.39 is 5.97 Å². The third-order valence-electron chi connectivity index (χ3n) is 4.43. The Kier molecular flexibility index (Phi) is 5.34. The van der Waals surface area contributed by atoms with Gasteiger partial charge in [-0.25, -0.2) is 4.79 Å². The van der Waals surface area contributed by atoms with Crippen LogP contribution >= 0.6 is 0 Å². The molecule has 5 nitrogen and oxygen atoms in total. The van der Waals surface area contributed by atoms with E-state index in [-0.39, 0.29) is 42.0 Å². The maximum Gasteiger partial charge on any atom is 0.342 e. The van der Waals surface area contributed by atoms with Crippen molar-refractivity contribution in [2.24, 2.45) is 5.92 Å². The van der Waals surface area contributed by atoms with Crippen LogP contribution in [0.4, 0.5) is 0 Å². The van der Waals surface area contributed by atoms with Crippen molar-refractivity contribution < 1.29 is 23.8 Å². The maximum absolute atomic E-state index is 12.4. The summed E-state index contributed by atoms with van der Waals surface area (Å²) in [6.45, 7) is 6.00. The van der Waals surface area contributed by atoms with Crippen LogP contribution in [0.3, 0.4) is 0 Å². The van der Waals surface area contributed by atoms with E-state index in [0.29, 0.717) is 19.3 Å². The zero-order valence-corrected chi connectivity index (χ0v) is 14.3. The first kappa shape index (κ1) is 17.4. The second kappa shape index (κ2) is 7.66. The van der Waals surface area contributed by atoms with Crippen molar-refractivity contribution >= 4 is 11.9 Å². The van der Waals surface area contributed by atoms with Crippen molar-refractivity contribution in [1.82, 2.24) is 0 Å². The number of fused-ring (bicyclic) bond motifs is 3. The van der Waals surface area contributed by atoms with E-state index in [1.54, 1.807) is 31.2 Å². The van der Waals surface area contributed by atoms with Gasteiger partial charge in [0.2, 0.25) is 0 Å². The Morgan fingerprint density at radius 3 is 2.72 bits per heavy atom. The number of benzene rings is 1. The number of carbonyl (C=O) groups excluding carboxylic acids is 2. The average Bonchev–Trinajstić information content (AvgIpc) is 2.96. The fourth-order valence-corrected chi connectivity index (χ4v) is 2.92. The predicted octanol–water partition coefficient (Wildman–Crippen LogP) is 3.45. The van der Waals surface area contributed by atoms with Crippen LogP contribution in [0.25, 0.3) is 0 Å². The zero-order valence-electron chi connectivity index (χ0n) is 14.3. The molecule has 0 N–H and O–H groups in total.